The second-order valence-corrected chi connectivity index (χ2v) is 11.7. The molecule has 4 heterocycles. The van der Waals surface area contributed by atoms with Gasteiger partial charge in [0.15, 0.2) is 0 Å². The summed E-state index contributed by atoms with van der Waals surface area (Å²) >= 11 is 0. The highest BCUT2D eigenvalue weighted by Gasteiger charge is 2.41. The lowest BCUT2D eigenvalue weighted by molar-refractivity contribution is 1.15. The maximum Gasteiger partial charge on any atom is 0.252 e. The van der Waals surface area contributed by atoms with E-state index in [-0.39, 0.29) is 6.71 Å². The predicted octanol–water partition coefficient (Wildman–Crippen LogP) is 7.33. The molecule has 0 spiro atoms. The quantitative estimate of drug-likeness (QED) is 0.187. The van der Waals surface area contributed by atoms with Gasteiger partial charge in [-0.1, -0.05) is 109 Å². The van der Waals surface area contributed by atoms with Crippen LogP contribution in [-0.2, 0) is 0 Å². The average molecular weight is 516 g/mol. The van der Waals surface area contributed by atoms with E-state index >= 15 is 0 Å². The van der Waals surface area contributed by atoms with Gasteiger partial charge in [0.25, 0.3) is 6.71 Å². The Bertz CT molecular complexity index is 2650. The maximum absolute atomic E-state index is 2.58. The van der Waals surface area contributed by atoms with Gasteiger partial charge < -0.3 is 9.13 Å². The van der Waals surface area contributed by atoms with Gasteiger partial charge in [-0.05, 0) is 50.7 Å². The Hall–Kier alpha value is -5.28. The lowest BCUT2D eigenvalue weighted by Crippen LogP contribution is -2.59. The summed E-state index contributed by atoms with van der Waals surface area (Å²) in [6.07, 6.45) is 0. The number of rotatable bonds is 0. The molecule has 0 radical (unpaired) electrons. The van der Waals surface area contributed by atoms with Gasteiger partial charge in [0.2, 0.25) is 0 Å². The van der Waals surface area contributed by atoms with Gasteiger partial charge in [-0.25, -0.2) is 0 Å². The topological polar surface area (TPSA) is 9.86 Å². The monoisotopic (exact) mass is 516 g/mol. The van der Waals surface area contributed by atoms with E-state index in [1.165, 1.54) is 92.9 Å². The third kappa shape index (κ3) is 2.24. The molecule has 9 aromatic rings. The van der Waals surface area contributed by atoms with Crippen molar-refractivity contribution in [2.24, 2.45) is 0 Å². The summed E-state index contributed by atoms with van der Waals surface area (Å²) in [5.74, 6) is 0. The van der Waals surface area contributed by atoms with Crippen LogP contribution in [0.15, 0.2) is 127 Å². The number of hydrogen-bond donors (Lipinski definition) is 0. The third-order valence-corrected chi connectivity index (χ3v) is 9.85. The standard InChI is InChI=1S/C38H21BN2/c1-4-12-25-22(9-1)19-20-27-26-14-7-15-29-37(26)41(36(25)27)33-18-8-17-32-35(33)39(29)30-21-23-10-2-3-11-24(23)34-28-13-5-6-16-31(28)40(32)38(30)34/h1-21H. The van der Waals surface area contributed by atoms with Crippen LogP contribution < -0.4 is 16.4 Å². The van der Waals surface area contributed by atoms with E-state index in [9.17, 15) is 0 Å². The van der Waals surface area contributed by atoms with Crippen molar-refractivity contribution in [1.82, 2.24) is 9.13 Å². The number of nitrogens with zero attached hydrogens (tertiary/aromatic N) is 2. The van der Waals surface area contributed by atoms with Crippen LogP contribution in [0.1, 0.15) is 0 Å². The molecule has 0 amide bonds. The largest absolute Gasteiger partial charge is 0.310 e. The van der Waals surface area contributed by atoms with Crippen LogP contribution in [0.3, 0.4) is 0 Å². The SMILES string of the molecule is c1cc2c3c(c1)-n1c4c(cccc4c4ccc5ccccc5c41)B3c1cc3ccccc3c3c4ccccc4n-2c13. The fraction of sp³-hybridized carbons (Fsp3) is 0. The fourth-order valence-electron chi connectivity index (χ4n) is 8.38. The Morgan fingerprint density at radius 2 is 1.10 bits per heavy atom. The highest BCUT2D eigenvalue weighted by Crippen LogP contribution is 2.42. The Balaban J connectivity index is 1.43. The van der Waals surface area contributed by atoms with Crippen molar-refractivity contribution in [3.8, 4) is 11.4 Å². The van der Waals surface area contributed by atoms with E-state index in [2.05, 4.69) is 137 Å². The summed E-state index contributed by atoms with van der Waals surface area (Å²) < 4.78 is 5.13. The van der Waals surface area contributed by atoms with Crippen molar-refractivity contribution in [2.45, 2.75) is 0 Å². The molecule has 186 valence electrons. The van der Waals surface area contributed by atoms with Crippen molar-refractivity contribution in [1.29, 1.82) is 0 Å². The predicted molar refractivity (Wildman–Crippen MR) is 175 cm³/mol. The molecule has 3 heteroatoms. The Morgan fingerprint density at radius 1 is 0.415 bits per heavy atom. The van der Waals surface area contributed by atoms with Gasteiger partial charge in [-0.2, -0.15) is 0 Å². The first kappa shape index (κ1) is 20.6. The van der Waals surface area contributed by atoms with Crippen LogP contribution in [0.5, 0.6) is 0 Å². The van der Waals surface area contributed by atoms with Gasteiger partial charge >= 0.3 is 0 Å². The van der Waals surface area contributed by atoms with Gasteiger partial charge in [-0.15, -0.1) is 0 Å². The summed E-state index contributed by atoms with van der Waals surface area (Å²) in [5, 5.41) is 10.6. The molecule has 0 saturated carbocycles. The second kappa shape index (κ2) is 6.89. The van der Waals surface area contributed by atoms with Crippen molar-refractivity contribution in [3.63, 3.8) is 0 Å². The zero-order chi connectivity index (χ0) is 26.4. The van der Waals surface area contributed by atoms with Crippen LogP contribution >= 0.6 is 0 Å². The van der Waals surface area contributed by atoms with Crippen molar-refractivity contribution < 1.29 is 0 Å². The van der Waals surface area contributed by atoms with Crippen LogP contribution in [-0.4, -0.2) is 15.8 Å². The maximum atomic E-state index is 2.58. The molecule has 2 nitrogen and oxygen atoms in total. The summed E-state index contributed by atoms with van der Waals surface area (Å²) in [6, 6.07) is 47.7. The van der Waals surface area contributed by atoms with E-state index < -0.39 is 0 Å². The van der Waals surface area contributed by atoms with E-state index in [0.717, 1.165) is 0 Å². The van der Waals surface area contributed by atoms with Crippen LogP contribution in [0.2, 0.25) is 0 Å². The van der Waals surface area contributed by atoms with E-state index in [4.69, 9.17) is 0 Å². The molecule has 2 aromatic heterocycles. The van der Waals surface area contributed by atoms with E-state index in [0.29, 0.717) is 0 Å². The Morgan fingerprint density at radius 3 is 2.00 bits per heavy atom. The minimum atomic E-state index is 0.164. The third-order valence-electron chi connectivity index (χ3n) is 9.85. The molecular formula is C38H21BN2. The highest BCUT2D eigenvalue weighted by atomic mass is 15.0. The molecule has 0 N–H and O–H groups in total. The molecule has 2 aliphatic heterocycles. The average Bonchev–Trinajstić information content (AvgIpc) is 3.56. The molecular weight excluding hydrogens is 495 g/mol. The molecule has 0 saturated heterocycles. The zero-order valence-corrected chi connectivity index (χ0v) is 22.1. The number of benzene rings is 7. The summed E-state index contributed by atoms with van der Waals surface area (Å²) in [4.78, 5) is 0. The lowest BCUT2D eigenvalue weighted by atomic mass is 9.34. The van der Waals surface area contributed by atoms with Crippen molar-refractivity contribution >= 4 is 88.3 Å². The molecule has 0 bridgehead atoms. The molecule has 2 aliphatic rings. The fourth-order valence-corrected chi connectivity index (χ4v) is 8.38. The van der Waals surface area contributed by atoms with E-state index in [1.807, 2.05) is 0 Å². The molecule has 11 rings (SSSR count). The van der Waals surface area contributed by atoms with Crippen LogP contribution in [0.4, 0.5) is 0 Å². The molecule has 0 atom stereocenters. The van der Waals surface area contributed by atoms with Crippen molar-refractivity contribution in [3.05, 3.63) is 127 Å². The second-order valence-electron chi connectivity index (χ2n) is 11.7. The van der Waals surface area contributed by atoms with Crippen LogP contribution in [0.25, 0.3) is 76.5 Å². The van der Waals surface area contributed by atoms with Gasteiger partial charge in [0.1, 0.15) is 0 Å². The smallest absolute Gasteiger partial charge is 0.252 e. The molecule has 0 unspecified atom stereocenters. The van der Waals surface area contributed by atoms with Gasteiger partial charge in [0.05, 0.1) is 16.6 Å². The molecule has 7 aromatic carbocycles. The van der Waals surface area contributed by atoms with E-state index in [1.54, 1.807) is 0 Å². The normalized spacial score (nSPS) is 13.3. The first-order chi connectivity index (χ1) is 20.4. The summed E-state index contributed by atoms with van der Waals surface area (Å²) in [5.41, 5.74) is 12.1. The minimum Gasteiger partial charge on any atom is -0.310 e. The molecule has 0 aliphatic carbocycles. The van der Waals surface area contributed by atoms with Crippen molar-refractivity contribution in [2.75, 3.05) is 0 Å². The first-order valence-electron chi connectivity index (χ1n) is 14.4. The van der Waals surface area contributed by atoms with Gasteiger partial charge in [-0.3, -0.25) is 0 Å². The highest BCUT2D eigenvalue weighted by molar-refractivity contribution is 7.00. The minimum absolute atomic E-state index is 0.164. The Labute approximate surface area is 235 Å². The summed E-state index contributed by atoms with van der Waals surface area (Å²) in [7, 11) is 0. The van der Waals surface area contributed by atoms with Gasteiger partial charge in [0, 0.05) is 43.8 Å². The van der Waals surface area contributed by atoms with Crippen LogP contribution in [0, 0.1) is 0 Å². The lowest BCUT2D eigenvalue weighted by Gasteiger charge is -2.33. The number of hydrogen-bond acceptors (Lipinski definition) is 0. The first-order valence-corrected chi connectivity index (χ1v) is 14.4. The number of fused-ring (bicyclic) bond motifs is 14. The summed E-state index contributed by atoms with van der Waals surface area (Å²) in [6.45, 7) is 0.164. The number of aromatic nitrogens is 2. The Kier molecular flexibility index (Phi) is 3.46. The molecule has 41 heavy (non-hydrogen) atoms. The molecule has 0 fully saturated rings. The zero-order valence-electron chi connectivity index (χ0n) is 22.1. The number of para-hydroxylation sites is 2.